The number of H-pyrrole nitrogens is 1. The Bertz CT molecular complexity index is 392. The summed E-state index contributed by atoms with van der Waals surface area (Å²) in [7, 11) is -4.08. The smallest absolute Gasteiger partial charge is 0.284 e. The van der Waals surface area contributed by atoms with E-state index in [1.807, 2.05) is 0 Å². The second-order valence-electron chi connectivity index (χ2n) is 1.72. The minimum absolute atomic E-state index is 0. The minimum atomic E-state index is -4.08. The Morgan fingerprint density at radius 2 is 2.25 bits per heavy atom. The van der Waals surface area contributed by atoms with Crippen LogP contribution in [0.25, 0.3) is 0 Å². The van der Waals surface area contributed by atoms with Gasteiger partial charge < -0.3 is 0 Å². The molecule has 1 aromatic rings. The topological polar surface area (TPSA) is 101 Å². The second kappa shape index (κ2) is 4.44. The summed E-state index contributed by atoms with van der Waals surface area (Å²) in [4.78, 5) is 0. The van der Waals surface area contributed by atoms with E-state index in [0.29, 0.717) is 0 Å². The van der Waals surface area contributed by atoms with E-state index in [4.69, 9.17) is 4.55 Å². The summed E-state index contributed by atoms with van der Waals surface area (Å²) in [6, 6.07) is 0. The van der Waals surface area contributed by atoms with Gasteiger partial charge in [0.15, 0.2) is 5.88 Å². The fourth-order valence-electron chi connectivity index (χ4n) is 0.463. The molecule has 0 aliphatic heterocycles. The first kappa shape index (κ1) is 12.2. The van der Waals surface area contributed by atoms with Crippen molar-refractivity contribution in [3.63, 3.8) is 0 Å². The number of hydrogen-bond acceptors (Lipinski definition) is 5. The van der Waals surface area contributed by atoms with E-state index in [1.165, 1.54) is 0 Å². The van der Waals surface area contributed by atoms with E-state index in [9.17, 15) is 8.42 Å². The molecule has 0 aliphatic rings. The Kier molecular flexibility index (Phi) is 4.51. The first-order chi connectivity index (χ1) is 4.99. The van der Waals surface area contributed by atoms with Crippen LogP contribution in [0.1, 0.15) is 0 Å². The van der Waals surface area contributed by atoms with Gasteiger partial charge in [-0.2, -0.15) is 13.6 Å². The van der Waals surface area contributed by atoms with Crippen molar-refractivity contribution >= 4 is 51.9 Å². The number of aromatic nitrogens is 4. The first-order valence-corrected chi connectivity index (χ1v) is 4.44. The van der Waals surface area contributed by atoms with E-state index in [2.05, 4.69) is 27.7 Å². The SMILES string of the molecule is O=S(=O)(O)Cn1[nH]nnc1=S.[Na]. The van der Waals surface area contributed by atoms with Gasteiger partial charge in [-0.05, 0) is 12.2 Å². The number of nitrogens with zero attached hydrogens (tertiary/aromatic N) is 3. The monoisotopic (exact) mass is 219 g/mol. The van der Waals surface area contributed by atoms with Crippen LogP contribution in [0.4, 0.5) is 0 Å². The zero-order valence-corrected chi connectivity index (χ0v) is 9.76. The quantitative estimate of drug-likeness (QED) is 0.368. The van der Waals surface area contributed by atoms with Crippen molar-refractivity contribution in [2.24, 2.45) is 0 Å². The van der Waals surface area contributed by atoms with Crippen LogP contribution in [0, 0.1) is 4.77 Å². The van der Waals surface area contributed by atoms with Crippen LogP contribution in [0.5, 0.6) is 0 Å². The number of hydrogen-bond donors (Lipinski definition) is 2. The number of tetrazole rings is 1. The first-order valence-electron chi connectivity index (χ1n) is 2.42. The molecular formula is C2H4N4NaO3S2. The van der Waals surface area contributed by atoms with E-state index >= 15 is 0 Å². The molecule has 0 aromatic carbocycles. The summed E-state index contributed by atoms with van der Waals surface area (Å²) in [5.74, 6) is -0.654. The molecular weight excluding hydrogens is 215 g/mol. The molecule has 0 atom stereocenters. The van der Waals surface area contributed by atoms with E-state index < -0.39 is 16.0 Å². The zero-order valence-electron chi connectivity index (χ0n) is 6.13. The van der Waals surface area contributed by atoms with Crippen LogP contribution in [0.3, 0.4) is 0 Å². The minimum Gasteiger partial charge on any atom is -0.284 e. The maximum absolute atomic E-state index is 10.3. The Balaban J connectivity index is 0.00000121. The standard InChI is InChI=1S/C2H4N4O3S2.Na/c7-11(8,9)1-6-2(10)3-4-5-6;/h1H2,(H,3,5,10)(H,7,8,9);. The molecule has 0 bridgehead atoms. The molecule has 7 nitrogen and oxygen atoms in total. The Morgan fingerprint density at radius 3 is 2.58 bits per heavy atom. The Morgan fingerprint density at radius 1 is 1.67 bits per heavy atom. The molecule has 0 unspecified atom stereocenters. The van der Waals surface area contributed by atoms with Crippen LogP contribution < -0.4 is 0 Å². The normalized spacial score (nSPS) is 10.8. The fraction of sp³-hybridized carbons (Fsp3) is 0.500. The summed E-state index contributed by atoms with van der Waals surface area (Å²) in [6.07, 6.45) is 0. The molecule has 0 fully saturated rings. The van der Waals surface area contributed by atoms with Crippen LogP contribution in [0.2, 0.25) is 0 Å². The predicted molar refractivity (Wildman–Crippen MR) is 42.5 cm³/mol. The third kappa shape index (κ3) is 3.74. The van der Waals surface area contributed by atoms with Gasteiger partial charge in [0.1, 0.15) is 0 Å². The molecule has 0 saturated heterocycles. The molecule has 0 amide bonds. The number of nitrogens with one attached hydrogen (secondary N) is 1. The summed E-state index contributed by atoms with van der Waals surface area (Å²) in [5, 5.41) is 8.69. The molecule has 1 aromatic heterocycles. The second-order valence-corrected chi connectivity index (χ2v) is 3.51. The van der Waals surface area contributed by atoms with Gasteiger partial charge in [0, 0.05) is 29.6 Å². The van der Waals surface area contributed by atoms with Crippen LogP contribution in [-0.2, 0) is 16.0 Å². The number of rotatable bonds is 2. The molecule has 2 N–H and O–H groups in total. The average molecular weight is 219 g/mol. The van der Waals surface area contributed by atoms with Crippen LogP contribution in [-0.4, -0.2) is 62.7 Å². The maximum Gasteiger partial charge on any atom is 0.285 e. The van der Waals surface area contributed by atoms with E-state index in [-0.39, 0.29) is 34.3 Å². The van der Waals surface area contributed by atoms with Gasteiger partial charge in [-0.25, -0.2) is 4.68 Å². The Labute approximate surface area is 95.2 Å². The molecule has 0 spiro atoms. The average Bonchev–Trinajstić information content (AvgIpc) is 2.12. The van der Waals surface area contributed by atoms with Gasteiger partial charge in [-0.1, -0.05) is 10.3 Å². The van der Waals surface area contributed by atoms with Crippen LogP contribution in [0.15, 0.2) is 0 Å². The maximum atomic E-state index is 10.3. The van der Waals surface area contributed by atoms with Crippen molar-refractivity contribution in [1.82, 2.24) is 20.2 Å². The van der Waals surface area contributed by atoms with Crippen molar-refractivity contribution in [2.45, 2.75) is 5.88 Å². The molecule has 10 heteroatoms. The zero-order chi connectivity index (χ0) is 8.48. The van der Waals surface area contributed by atoms with Gasteiger partial charge in [-0.3, -0.25) is 4.55 Å². The van der Waals surface area contributed by atoms with Crippen molar-refractivity contribution < 1.29 is 13.0 Å². The van der Waals surface area contributed by atoms with Crippen molar-refractivity contribution in [3.05, 3.63) is 4.77 Å². The summed E-state index contributed by atoms with van der Waals surface area (Å²) >= 11 is 4.54. The molecule has 12 heavy (non-hydrogen) atoms. The summed E-state index contributed by atoms with van der Waals surface area (Å²) in [6.45, 7) is 0. The molecule has 1 heterocycles. The fourth-order valence-corrected chi connectivity index (χ4v) is 1.20. The molecule has 1 rings (SSSR count). The van der Waals surface area contributed by atoms with Gasteiger partial charge in [-0.15, -0.1) is 0 Å². The van der Waals surface area contributed by atoms with Crippen molar-refractivity contribution in [1.29, 1.82) is 0 Å². The van der Waals surface area contributed by atoms with Gasteiger partial charge in [0.25, 0.3) is 10.1 Å². The van der Waals surface area contributed by atoms with Gasteiger partial charge in [0.05, 0.1) is 0 Å². The van der Waals surface area contributed by atoms with Crippen molar-refractivity contribution in [3.8, 4) is 0 Å². The van der Waals surface area contributed by atoms with Gasteiger partial charge in [0.2, 0.25) is 4.77 Å². The van der Waals surface area contributed by atoms with Crippen LogP contribution >= 0.6 is 12.2 Å². The largest absolute Gasteiger partial charge is 0.285 e. The summed E-state index contributed by atoms with van der Waals surface area (Å²) in [5.41, 5.74) is 0. The molecule has 1 radical (unpaired) electrons. The van der Waals surface area contributed by atoms with E-state index in [0.717, 1.165) is 4.68 Å². The molecule has 0 aliphatic carbocycles. The van der Waals surface area contributed by atoms with Crippen molar-refractivity contribution in [2.75, 3.05) is 0 Å². The molecule has 63 valence electrons. The molecule has 0 saturated carbocycles. The number of aromatic amines is 1. The van der Waals surface area contributed by atoms with E-state index in [1.54, 1.807) is 0 Å². The third-order valence-corrected chi connectivity index (χ3v) is 1.71. The predicted octanol–water partition coefficient (Wildman–Crippen LogP) is -1.20. The van der Waals surface area contributed by atoms with Gasteiger partial charge >= 0.3 is 0 Å². The third-order valence-electron chi connectivity index (χ3n) is 0.824. The Hall–Kier alpha value is 0.200. The summed E-state index contributed by atoms with van der Waals surface area (Å²) < 4.78 is 29.8.